The van der Waals surface area contributed by atoms with Gasteiger partial charge in [-0.2, -0.15) is 0 Å². The number of amides is 1. The van der Waals surface area contributed by atoms with Gasteiger partial charge in [-0.3, -0.25) is 9.53 Å². The Balaban J connectivity index is 1.10. The number of unbranched alkanes of at least 4 members (excludes halogenated alkanes) is 1. The first kappa shape index (κ1) is 28.1. The fraction of sp³-hybridized carbons (Fsp3) is 0.958. The van der Waals surface area contributed by atoms with Crippen LogP contribution in [0, 0.1) is 11.8 Å². The molecule has 1 amide bonds. The molecule has 5 unspecified atom stereocenters. The lowest BCUT2D eigenvalue weighted by Gasteiger charge is -2.36. The Bertz CT molecular complexity index is 822. The average Bonchev–Trinajstić information content (AvgIpc) is 3.28. The van der Waals surface area contributed by atoms with Gasteiger partial charge in [0.25, 0.3) is 0 Å². The number of sulfonamides is 1. The van der Waals surface area contributed by atoms with Crippen LogP contribution in [-0.4, -0.2) is 81.2 Å². The zero-order chi connectivity index (χ0) is 25.8. The van der Waals surface area contributed by atoms with Gasteiger partial charge in [-0.05, 0) is 82.7 Å². The maximum absolute atomic E-state index is 13.1. The summed E-state index contributed by atoms with van der Waals surface area (Å²) in [5.41, 5.74) is 0. The number of piperidine rings is 2. The molecule has 0 aromatic carbocycles. The van der Waals surface area contributed by atoms with Gasteiger partial charge in [-0.25, -0.2) is 12.7 Å². The number of nitrogens with zero attached hydrogens (tertiary/aromatic N) is 1. The van der Waals surface area contributed by atoms with Crippen LogP contribution < -0.4 is 16.0 Å². The standard InChI is InChI=1S/C24H41F3N4O4S/c25-24(26,27)35-19-5-3-6-20(15-19)36(33,34)31-12-8-17(9-13-31)4-1-2-10-29-23(32)22-14-18-16-28-11-7-21(18)30-22/h17-22,28,30H,1-16H2,(H,29,32). The van der Waals surface area contributed by atoms with E-state index >= 15 is 0 Å². The van der Waals surface area contributed by atoms with Gasteiger partial charge < -0.3 is 16.0 Å². The minimum absolute atomic E-state index is 0.0912. The highest BCUT2D eigenvalue weighted by Crippen LogP contribution is 2.34. The minimum Gasteiger partial charge on any atom is -0.355 e. The molecule has 4 fully saturated rings. The third kappa shape index (κ3) is 7.55. The number of alkyl halides is 3. The highest BCUT2D eigenvalue weighted by atomic mass is 32.2. The van der Waals surface area contributed by atoms with E-state index in [1.165, 1.54) is 4.31 Å². The summed E-state index contributed by atoms with van der Waals surface area (Å²) in [7, 11) is -3.62. The van der Waals surface area contributed by atoms with Crippen molar-refractivity contribution < 1.29 is 31.1 Å². The van der Waals surface area contributed by atoms with Crippen LogP contribution in [0.1, 0.15) is 70.6 Å². The molecular formula is C24H41F3N4O4S. The number of rotatable bonds is 9. The van der Waals surface area contributed by atoms with Crippen molar-refractivity contribution in [2.24, 2.45) is 11.8 Å². The molecule has 0 aromatic rings. The smallest absolute Gasteiger partial charge is 0.355 e. The molecule has 4 aliphatic rings. The summed E-state index contributed by atoms with van der Waals surface area (Å²) in [4.78, 5) is 12.5. The number of halogens is 3. The second kappa shape index (κ2) is 12.3. The number of carbonyl (C=O) groups is 1. The van der Waals surface area contributed by atoms with Crippen molar-refractivity contribution in [3.05, 3.63) is 0 Å². The molecule has 1 aliphatic carbocycles. The molecule has 8 nitrogen and oxygen atoms in total. The SMILES string of the molecule is O=C(NCCCCC1CCN(S(=O)(=O)C2CCCC(OC(F)(F)F)C2)CC1)C1CC2CNCCC2N1. The summed E-state index contributed by atoms with van der Waals surface area (Å²) < 4.78 is 69.4. The third-order valence-corrected chi connectivity index (χ3v) is 10.8. The molecule has 3 N–H and O–H groups in total. The van der Waals surface area contributed by atoms with Gasteiger partial charge in [0.15, 0.2) is 0 Å². The van der Waals surface area contributed by atoms with E-state index in [1.54, 1.807) is 0 Å². The molecule has 1 saturated carbocycles. The Kier molecular flexibility index (Phi) is 9.57. The third-order valence-electron chi connectivity index (χ3n) is 8.45. The predicted octanol–water partition coefficient (Wildman–Crippen LogP) is 2.50. The van der Waals surface area contributed by atoms with Gasteiger partial charge in [-0.1, -0.05) is 12.8 Å². The molecule has 36 heavy (non-hydrogen) atoms. The topological polar surface area (TPSA) is 99.8 Å². The molecule has 0 aromatic heterocycles. The van der Waals surface area contributed by atoms with E-state index in [0.717, 1.165) is 58.0 Å². The molecule has 4 rings (SSSR count). The molecule has 3 heterocycles. The van der Waals surface area contributed by atoms with E-state index in [4.69, 9.17) is 0 Å². The van der Waals surface area contributed by atoms with Crippen molar-refractivity contribution in [1.29, 1.82) is 0 Å². The van der Waals surface area contributed by atoms with Crippen molar-refractivity contribution >= 4 is 15.9 Å². The van der Waals surface area contributed by atoms with Crippen molar-refractivity contribution in [2.45, 2.75) is 100 Å². The maximum Gasteiger partial charge on any atom is 0.522 e. The van der Waals surface area contributed by atoms with Crippen LogP contribution in [0.3, 0.4) is 0 Å². The largest absolute Gasteiger partial charge is 0.522 e. The molecule has 12 heteroatoms. The van der Waals surface area contributed by atoms with Gasteiger partial charge in [0, 0.05) is 25.7 Å². The lowest BCUT2D eigenvalue weighted by molar-refractivity contribution is -0.345. The van der Waals surface area contributed by atoms with Crippen molar-refractivity contribution in [1.82, 2.24) is 20.3 Å². The number of hydrogen-bond acceptors (Lipinski definition) is 6. The zero-order valence-corrected chi connectivity index (χ0v) is 21.7. The minimum atomic E-state index is -4.74. The number of nitrogens with one attached hydrogen (secondary N) is 3. The predicted molar refractivity (Wildman–Crippen MR) is 130 cm³/mol. The first-order valence-corrected chi connectivity index (χ1v) is 15.1. The van der Waals surface area contributed by atoms with Crippen LogP contribution in [0.4, 0.5) is 13.2 Å². The Morgan fingerprint density at radius 2 is 1.83 bits per heavy atom. The van der Waals surface area contributed by atoms with E-state index in [-0.39, 0.29) is 24.8 Å². The molecule has 3 saturated heterocycles. The van der Waals surface area contributed by atoms with Crippen LogP contribution in [0.2, 0.25) is 0 Å². The van der Waals surface area contributed by atoms with E-state index in [9.17, 15) is 26.4 Å². The van der Waals surface area contributed by atoms with Gasteiger partial charge >= 0.3 is 6.36 Å². The van der Waals surface area contributed by atoms with Crippen LogP contribution in [0.25, 0.3) is 0 Å². The van der Waals surface area contributed by atoms with Crippen LogP contribution in [0.15, 0.2) is 0 Å². The summed E-state index contributed by atoms with van der Waals surface area (Å²) in [6.07, 6.45) is 1.50. The van der Waals surface area contributed by atoms with Gasteiger partial charge in [0.1, 0.15) is 0 Å². The molecule has 3 aliphatic heterocycles. The maximum atomic E-state index is 13.1. The molecule has 0 bridgehead atoms. The fourth-order valence-electron chi connectivity index (χ4n) is 6.43. The molecule has 208 valence electrons. The number of carbonyl (C=O) groups excluding carboxylic acids is 1. The van der Waals surface area contributed by atoms with Crippen molar-refractivity contribution in [3.63, 3.8) is 0 Å². The van der Waals surface area contributed by atoms with E-state index in [1.807, 2.05) is 0 Å². The highest BCUT2D eigenvalue weighted by Gasteiger charge is 2.42. The Hall–Kier alpha value is -0.950. The van der Waals surface area contributed by atoms with Gasteiger partial charge in [-0.15, -0.1) is 13.2 Å². The van der Waals surface area contributed by atoms with Gasteiger partial charge in [0.2, 0.25) is 15.9 Å². The molecule has 0 spiro atoms. The lowest BCUT2D eigenvalue weighted by Crippen LogP contribution is -2.46. The van der Waals surface area contributed by atoms with E-state index in [2.05, 4.69) is 20.7 Å². The quantitative estimate of drug-likeness (QED) is 0.390. The van der Waals surface area contributed by atoms with Crippen LogP contribution >= 0.6 is 0 Å². The second-order valence-electron chi connectivity index (χ2n) is 11.0. The van der Waals surface area contributed by atoms with Crippen LogP contribution in [0.5, 0.6) is 0 Å². The average molecular weight is 539 g/mol. The Morgan fingerprint density at radius 3 is 2.56 bits per heavy atom. The summed E-state index contributed by atoms with van der Waals surface area (Å²) in [6, 6.07) is 0.357. The number of ether oxygens (including phenoxy) is 1. The Morgan fingerprint density at radius 1 is 1.06 bits per heavy atom. The zero-order valence-electron chi connectivity index (χ0n) is 20.9. The van der Waals surface area contributed by atoms with E-state index in [0.29, 0.717) is 50.4 Å². The first-order valence-electron chi connectivity index (χ1n) is 13.6. The summed E-state index contributed by atoms with van der Waals surface area (Å²) >= 11 is 0. The second-order valence-corrected chi connectivity index (χ2v) is 13.2. The fourth-order valence-corrected chi connectivity index (χ4v) is 8.49. The Labute approximate surface area is 212 Å². The van der Waals surface area contributed by atoms with Gasteiger partial charge in [0.05, 0.1) is 17.4 Å². The highest BCUT2D eigenvalue weighted by molar-refractivity contribution is 7.89. The van der Waals surface area contributed by atoms with Crippen molar-refractivity contribution in [3.8, 4) is 0 Å². The summed E-state index contributed by atoms with van der Waals surface area (Å²) in [5.74, 6) is 1.07. The molecular weight excluding hydrogens is 497 g/mol. The molecule has 5 atom stereocenters. The lowest BCUT2D eigenvalue weighted by atomic mass is 9.92. The summed E-state index contributed by atoms with van der Waals surface area (Å²) in [6.45, 7) is 3.49. The monoisotopic (exact) mass is 538 g/mol. The van der Waals surface area contributed by atoms with Crippen LogP contribution in [-0.2, 0) is 19.6 Å². The first-order chi connectivity index (χ1) is 17.1. The molecule has 0 radical (unpaired) electrons. The van der Waals surface area contributed by atoms with Crippen molar-refractivity contribution in [2.75, 3.05) is 32.7 Å². The number of hydrogen-bond donors (Lipinski definition) is 3. The summed E-state index contributed by atoms with van der Waals surface area (Å²) in [5, 5.41) is 9.13. The van der Waals surface area contributed by atoms with E-state index < -0.39 is 27.7 Å². The number of fused-ring (bicyclic) bond motifs is 1. The normalized spacial score (nSPS) is 32.8.